The third-order valence-corrected chi connectivity index (χ3v) is 3.47. The number of hydrogen-bond acceptors (Lipinski definition) is 3. The molecule has 0 aliphatic rings. The van der Waals surface area contributed by atoms with Gasteiger partial charge in [-0.15, -0.1) is 0 Å². The fourth-order valence-electron chi connectivity index (χ4n) is 2.38. The zero-order valence-electron chi connectivity index (χ0n) is 13.1. The molecule has 5 nitrogen and oxygen atoms in total. The van der Waals surface area contributed by atoms with Gasteiger partial charge in [-0.05, 0) is 43.0 Å². The Morgan fingerprint density at radius 1 is 1.32 bits per heavy atom. The molecule has 22 heavy (non-hydrogen) atoms. The van der Waals surface area contributed by atoms with Crippen molar-refractivity contribution in [3.8, 4) is 0 Å². The van der Waals surface area contributed by atoms with E-state index in [0.29, 0.717) is 25.1 Å². The molecule has 2 aromatic rings. The average Bonchev–Trinajstić information content (AvgIpc) is 2.98. The Bertz CT molecular complexity index is 576. The number of aromatic nitrogens is 2. The highest BCUT2D eigenvalue weighted by atomic mass is 16.3. The minimum atomic E-state index is -0.339. The topological polar surface area (TPSA) is 67.2 Å². The summed E-state index contributed by atoms with van der Waals surface area (Å²) in [4.78, 5) is 12.1. The molecule has 1 heterocycles. The van der Waals surface area contributed by atoms with E-state index >= 15 is 0 Å². The van der Waals surface area contributed by atoms with Gasteiger partial charge in [0.05, 0.1) is 12.6 Å². The van der Waals surface area contributed by atoms with Crippen LogP contribution in [0.3, 0.4) is 0 Å². The third-order valence-electron chi connectivity index (χ3n) is 3.47. The van der Waals surface area contributed by atoms with Crippen LogP contribution in [0.4, 0.5) is 0 Å². The van der Waals surface area contributed by atoms with Crippen LogP contribution < -0.4 is 5.32 Å². The second-order valence-corrected chi connectivity index (χ2v) is 5.80. The van der Waals surface area contributed by atoms with Crippen LogP contribution in [-0.4, -0.2) is 33.4 Å². The molecule has 0 aliphatic carbocycles. The van der Waals surface area contributed by atoms with Crippen LogP contribution in [0.15, 0.2) is 42.7 Å². The smallest absolute Gasteiger partial charge is 0.251 e. The van der Waals surface area contributed by atoms with Gasteiger partial charge >= 0.3 is 0 Å². The van der Waals surface area contributed by atoms with Crippen LogP contribution in [0, 0.1) is 5.92 Å². The second-order valence-electron chi connectivity index (χ2n) is 5.80. The predicted molar refractivity (Wildman–Crippen MR) is 85.6 cm³/mol. The second kappa shape index (κ2) is 7.75. The summed E-state index contributed by atoms with van der Waals surface area (Å²) in [6.07, 6.45) is 4.00. The van der Waals surface area contributed by atoms with Crippen molar-refractivity contribution in [3.05, 3.63) is 53.9 Å². The van der Waals surface area contributed by atoms with Crippen LogP contribution in [-0.2, 0) is 6.54 Å². The first-order chi connectivity index (χ1) is 10.5. The molecule has 0 fully saturated rings. The Morgan fingerprint density at radius 2 is 2.05 bits per heavy atom. The van der Waals surface area contributed by atoms with Crippen LogP contribution >= 0.6 is 0 Å². The van der Waals surface area contributed by atoms with Gasteiger partial charge in [0.25, 0.3) is 5.91 Å². The molecule has 2 rings (SSSR count). The lowest BCUT2D eigenvalue weighted by Crippen LogP contribution is -2.29. The molecule has 0 spiro atoms. The van der Waals surface area contributed by atoms with Gasteiger partial charge in [0.15, 0.2) is 0 Å². The monoisotopic (exact) mass is 301 g/mol. The van der Waals surface area contributed by atoms with Gasteiger partial charge in [0, 0.05) is 24.5 Å². The maximum absolute atomic E-state index is 12.1. The van der Waals surface area contributed by atoms with Crippen molar-refractivity contribution in [2.45, 2.75) is 32.9 Å². The molecular weight excluding hydrogens is 278 g/mol. The summed E-state index contributed by atoms with van der Waals surface area (Å²) < 4.78 is 1.84. The first kappa shape index (κ1) is 16.2. The van der Waals surface area contributed by atoms with Gasteiger partial charge in [-0.25, -0.2) is 0 Å². The van der Waals surface area contributed by atoms with E-state index in [2.05, 4.69) is 10.4 Å². The molecule has 2 unspecified atom stereocenters. The number of carbonyl (C=O) groups excluding carboxylic acids is 1. The van der Waals surface area contributed by atoms with E-state index in [1.165, 1.54) is 0 Å². The normalized spacial score (nSPS) is 13.6. The van der Waals surface area contributed by atoms with Gasteiger partial charge in [-0.1, -0.05) is 19.1 Å². The summed E-state index contributed by atoms with van der Waals surface area (Å²) in [6.45, 7) is 5.04. The van der Waals surface area contributed by atoms with Gasteiger partial charge in [0.1, 0.15) is 0 Å². The Labute approximate surface area is 131 Å². The summed E-state index contributed by atoms with van der Waals surface area (Å²) in [5, 5.41) is 16.4. The lowest BCUT2D eigenvalue weighted by molar-refractivity contribution is 0.0939. The number of carbonyl (C=O) groups is 1. The van der Waals surface area contributed by atoms with E-state index in [0.717, 1.165) is 5.56 Å². The van der Waals surface area contributed by atoms with Crippen molar-refractivity contribution in [2.24, 2.45) is 5.92 Å². The molecule has 2 N–H and O–H groups in total. The molecule has 1 amide bonds. The highest BCUT2D eigenvalue weighted by Crippen LogP contribution is 2.08. The van der Waals surface area contributed by atoms with Crippen molar-refractivity contribution >= 4 is 5.91 Å². The first-order valence-electron chi connectivity index (χ1n) is 7.57. The van der Waals surface area contributed by atoms with Crippen LogP contribution in [0.25, 0.3) is 0 Å². The van der Waals surface area contributed by atoms with Crippen molar-refractivity contribution in [3.63, 3.8) is 0 Å². The highest BCUT2D eigenvalue weighted by molar-refractivity contribution is 5.94. The minimum Gasteiger partial charge on any atom is -0.393 e. The van der Waals surface area contributed by atoms with Gasteiger partial charge in [-0.3, -0.25) is 9.48 Å². The molecule has 0 bridgehead atoms. The zero-order valence-corrected chi connectivity index (χ0v) is 13.1. The fourth-order valence-corrected chi connectivity index (χ4v) is 2.38. The number of benzene rings is 1. The summed E-state index contributed by atoms with van der Waals surface area (Å²) in [5.41, 5.74) is 1.75. The predicted octanol–water partition coefficient (Wildman–Crippen LogP) is 2.07. The number of aliphatic hydroxyl groups is 1. The van der Waals surface area contributed by atoms with Crippen molar-refractivity contribution in [1.82, 2.24) is 15.1 Å². The fraction of sp³-hybridized carbons (Fsp3) is 0.412. The standard InChI is InChI=1S/C17H23N3O2/c1-13(10-14(2)21)11-18-17(22)16-6-4-15(5-7-16)12-20-9-3-8-19-20/h3-9,13-14,21H,10-12H2,1-2H3,(H,18,22). The number of rotatable bonds is 7. The van der Waals surface area contributed by atoms with Crippen molar-refractivity contribution in [1.29, 1.82) is 0 Å². The Morgan fingerprint density at radius 3 is 2.64 bits per heavy atom. The Balaban J connectivity index is 1.85. The lowest BCUT2D eigenvalue weighted by Gasteiger charge is -2.14. The number of amides is 1. The number of aliphatic hydroxyl groups excluding tert-OH is 1. The first-order valence-corrected chi connectivity index (χ1v) is 7.57. The molecule has 0 aliphatic heterocycles. The van der Waals surface area contributed by atoms with Crippen LogP contribution in [0.1, 0.15) is 36.2 Å². The van der Waals surface area contributed by atoms with E-state index in [4.69, 9.17) is 0 Å². The van der Waals surface area contributed by atoms with Gasteiger partial charge < -0.3 is 10.4 Å². The molecule has 0 saturated heterocycles. The lowest BCUT2D eigenvalue weighted by atomic mass is 10.0. The van der Waals surface area contributed by atoms with E-state index in [1.54, 1.807) is 13.1 Å². The van der Waals surface area contributed by atoms with Crippen molar-refractivity contribution < 1.29 is 9.90 Å². The van der Waals surface area contributed by atoms with E-state index in [9.17, 15) is 9.90 Å². The maximum Gasteiger partial charge on any atom is 0.251 e. The number of nitrogens with one attached hydrogen (secondary N) is 1. The van der Waals surface area contributed by atoms with Crippen molar-refractivity contribution in [2.75, 3.05) is 6.54 Å². The summed E-state index contributed by atoms with van der Waals surface area (Å²) >= 11 is 0. The molecular formula is C17H23N3O2. The third kappa shape index (κ3) is 5.00. The van der Waals surface area contributed by atoms with E-state index in [1.807, 2.05) is 48.1 Å². The molecule has 5 heteroatoms. The Hall–Kier alpha value is -2.14. The SMILES string of the molecule is CC(O)CC(C)CNC(=O)c1ccc(Cn2cccn2)cc1. The zero-order chi connectivity index (χ0) is 15.9. The van der Waals surface area contributed by atoms with Crippen LogP contribution in [0.5, 0.6) is 0 Å². The molecule has 0 saturated carbocycles. The van der Waals surface area contributed by atoms with Gasteiger partial charge in [-0.2, -0.15) is 5.10 Å². The highest BCUT2D eigenvalue weighted by Gasteiger charge is 2.10. The Kier molecular flexibility index (Phi) is 5.72. The largest absolute Gasteiger partial charge is 0.393 e. The molecule has 0 radical (unpaired) electrons. The quantitative estimate of drug-likeness (QED) is 0.822. The number of nitrogens with zero attached hydrogens (tertiary/aromatic N) is 2. The summed E-state index contributed by atoms with van der Waals surface area (Å²) in [5.74, 6) is 0.172. The number of hydrogen-bond donors (Lipinski definition) is 2. The summed E-state index contributed by atoms with van der Waals surface area (Å²) in [6, 6.07) is 9.42. The van der Waals surface area contributed by atoms with Crippen LogP contribution in [0.2, 0.25) is 0 Å². The van der Waals surface area contributed by atoms with Gasteiger partial charge in [0.2, 0.25) is 0 Å². The molecule has 1 aromatic heterocycles. The molecule has 118 valence electrons. The molecule has 2 atom stereocenters. The maximum atomic E-state index is 12.1. The summed E-state index contributed by atoms with van der Waals surface area (Å²) in [7, 11) is 0. The van der Waals surface area contributed by atoms with E-state index < -0.39 is 0 Å². The van der Waals surface area contributed by atoms with E-state index in [-0.39, 0.29) is 17.9 Å². The molecule has 1 aromatic carbocycles. The minimum absolute atomic E-state index is 0.0805. The average molecular weight is 301 g/mol.